The van der Waals surface area contributed by atoms with Gasteiger partial charge in [0.25, 0.3) is 0 Å². The first-order valence-electron chi connectivity index (χ1n) is 16.5. The first-order valence-corrected chi connectivity index (χ1v) is 16.5. The minimum atomic E-state index is 0.426. The van der Waals surface area contributed by atoms with Gasteiger partial charge >= 0.3 is 0 Å². The first kappa shape index (κ1) is 28.6. The second-order valence-electron chi connectivity index (χ2n) is 13.5. The van der Waals surface area contributed by atoms with Crippen LogP contribution in [0.5, 0.6) is 0 Å². The summed E-state index contributed by atoms with van der Waals surface area (Å²) in [7, 11) is 2.14. The fraction of sp³-hybridized carbons (Fsp3) is 0.939. The highest BCUT2D eigenvalue weighted by molar-refractivity contribution is 5.03. The summed E-state index contributed by atoms with van der Waals surface area (Å²) in [5.74, 6) is 1.69. The Kier molecular flexibility index (Phi) is 12.1. The third-order valence-electron chi connectivity index (χ3n) is 10.6. The lowest BCUT2D eigenvalue weighted by atomic mass is 9.73. The SMILES string of the molecule is CNC1C/C=C\CCC(N2CC(C)CC(C3(NC4CCCCCCCCC4)CCCC3)C2)CCCC1. The third-order valence-corrected chi connectivity index (χ3v) is 10.6. The molecule has 1 heterocycles. The van der Waals surface area contributed by atoms with Crippen molar-refractivity contribution in [3.05, 3.63) is 12.2 Å². The largest absolute Gasteiger partial charge is 0.317 e. The predicted molar refractivity (Wildman–Crippen MR) is 157 cm³/mol. The van der Waals surface area contributed by atoms with E-state index in [-0.39, 0.29) is 0 Å². The van der Waals surface area contributed by atoms with Crippen LogP contribution in [0.1, 0.15) is 142 Å². The van der Waals surface area contributed by atoms with Gasteiger partial charge < -0.3 is 10.6 Å². The molecule has 0 spiro atoms. The Morgan fingerprint density at radius 2 is 1.33 bits per heavy atom. The lowest BCUT2D eigenvalue weighted by molar-refractivity contribution is 0.0293. The Morgan fingerprint density at radius 3 is 2.06 bits per heavy atom. The van der Waals surface area contributed by atoms with Crippen LogP contribution in [0.3, 0.4) is 0 Å². The highest BCUT2D eigenvalue weighted by Crippen LogP contribution is 2.43. The topological polar surface area (TPSA) is 27.3 Å². The third kappa shape index (κ3) is 8.57. The number of hydrogen-bond acceptors (Lipinski definition) is 3. The Labute approximate surface area is 225 Å². The molecule has 36 heavy (non-hydrogen) atoms. The van der Waals surface area contributed by atoms with E-state index in [0.29, 0.717) is 11.6 Å². The van der Waals surface area contributed by atoms with Gasteiger partial charge in [0, 0.05) is 36.8 Å². The highest BCUT2D eigenvalue weighted by atomic mass is 15.2. The fourth-order valence-electron chi connectivity index (χ4n) is 8.46. The predicted octanol–water partition coefficient (Wildman–Crippen LogP) is 8.00. The lowest BCUT2D eigenvalue weighted by Gasteiger charge is -2.50. The van der Waals surface area contributed by atoms with Gasteiger partial charge in [-0.1, -0.05) is 89.7 Å². The van der Waals surface area contributed by atoms with E-state index in [9.17, 15) is 0 Å². The summed E-state index contributed by atoms with van der Waals surface area (Å²) in [6.45, 7) is 5.26. The van der Waals surface area contributed by atoms with E-state index < -0.39 is 0 Å². The summed E-state index contributed by atoms with van der Waals surface area (Å²) >= 11 is 0. The lowest BCUT2D eigenvalue weighted by Crippen LogP contribution is -2.59. The molecule has 3 nitrogen and oxygen atoms in total. The molecule has 3 aliphatic carbocycles. The standard InChI is InChI=1S/C33H61N3/c1-28-25-29(27-36(26-28)32-21-12-8-11-17-30(34-2)18-13-14-22-32)33(23-15-16-24-33)35-31-19-9-6-4-3-5-7-10-20-31/h8,11,28-32,34-35H,3-7,9-10,12-27H2,1-2H3/b11-8-. The summed E-state index contributed by atoms with van der Waals surface area (Å²) < 4.78 is 0. The van der Waals surface area contributed by atoms with Gasteiger partial charge in [-0.3, -0.25) is 4.90 Å². The van der Waals surface area contributed by atoms with Gasteiger partial charge in [-0.2, -0.15) is 0 Å². The fourth-order valence-corrected chi connectivity index (χ4v) is 8.46. The molecule has 4 rings (SSSR count). The average Bonchev–Trinajstić information content (AvgIpc) is 3.34. The van der Waals surface area contributed by atoms with Crippen molar-refractivity contribution in [1.29, 1.82) is 0 Å². The van der Waals surface area contributed by atoms with Crippen LogP contribution in [0.2, 0.25) is 0 Å². The van der Waals surface area contributed by atoms with E-state index in [1.165, 1.54) is 148 Å². The number of nitrogens with one attached hydrogen (secondary N) is 2. The summed E-state index contributed by atoms with van der Waals surface area (Å²) in [6, 6.07) is 2.24. The summed E-state index contributed by atoms with van der Waals surface area (Å²) in [4.78, 5) is 3.00. The molecule has 3 heteroatoms. The summed E-state index contributed by atoms with van der Waals surface area (Å²) in [5.41, 5.74) is 0.426. The van der Waals surface area contributed by atoms with Crippen LogP contribution in [0.15, 0.2) is 12.2 Å². The molecule has 0 radical (unpaired) electrons. The number of piperidine rings is 1. The number of nitrogens with zero attached hydrogens (tertiary/aromatic N) is 1. The molecule has 2 saturated carbocycles. The normalized spacial score (nSPS) is 35.6. The molecule has 1 aliphatic heterocycles. The van der Waals surface area contributed by atoms with Crippen molar-refractivity contribution in [2.24, 2.45) is 11.8 Å². The molecule has 4 atom stereocenters. The molecule has 4 aliphatic rings. The summed E-state index contributed by atoms with van der Waals surface area (Å²) in [6.07, 6.45) is 34.7. The van der Waals surface area contributed by atoms with Crippen LogP contribution < -0.4 is 10.6 Å². The Balaban J connectivity index is 1.41. The number of allylic oxidation sites excluding steroid dienone is 1. The second kappa shape index (κ2) is 15.3. The van der Waals surface area contributed by atoms with E-state index >= 15 is 0 Å². The molecular weight excluding hydrogens is 438 g/mol. The van der Waals surface area contributed by atoms with Crippen molar-refractivity contribution in [1.82, 2.24) is 15.5 Å². The van der Waals surface area contributed by atoms with Gasteiger partial charge in [-0.25, -0.2) is 0 Å². The van der Waals surface area contributed by atoms with Crippen molar-refractivity contribution in [2.45, 2.75) is 165 Å². The molecule has 2 N–H and O–H groups in total. The van der Waals surface area contributed by atoms with E-state index in [2.05, 4.69) is 41.7 Å². The van der Waals surface area contributed by atoms with E-state index in [1.54, 1.807) is 0 Å². The van der Waals surface area contributed by atoms with Crippen molar-refractivity contribution in [3.63, 3.8) is 0 Å². The Bertz CT molecular complexity index is 614. The molecule has 0 aromatic carbocycles. The molecule has 0 aromatic heterocycles. The highest BCUT2D eigenvalue weighted by Gasteiger charge is 2.45. The Hall–Kier alpha value is -0.380. The minimum absolute atomic E-state index is 0.426. The minimum Gasteiger partial charge on any atom is -0.317 e. The number of rotatable bonds is 5. The van der Waals surface area contributed by atoms with Crippen LogP contribution in [0.25, 0.3) is 0 Å². The van der Waals surface area contributed by atoms with Crippen LogP contribution in [0, 0.1) is 11.8 Å². The van der Waals surface area contributed by atoms with Crippen molar-refractivity contribution in [2.75, 3.05) is 20.1 Å². The maximum atomic E-state index is 4.48. The molecule has 0 amide bonds. The zero-order chi connectivity index (χ0) is 25.1. The van der Waals surface area contributed by atoms with Crippen LogP contribution >= 0.6 is 0 Å². The van der Waals surface area contributed by atoms with Gasteiger partial charge in [0.2, 0.25) is 0 Å². The second-order valence-corrected chi connectivity index (χ2v) is 13.5. The number of likely N-dealkylation sites (tertiary alicyclic amines) is 1. The van der Waals surface area contributed by atoms with Crippen LogP contribution in [-0.2, 0) is 0 Å². The smallest absolute Gasteiger partial charge is 0.0224 e. The van der Waals surface area contributed by atoms with Gasteiger partial charge in [0.05, 0.1) is 0 Å². The molecule has 0 bridgehead atoms. The van der Waals surface area contributed by atoms with Crippen molar-refractivity contribution >= 4 is 0 Å². The van der Waals surface area contributed by atoms with Gasteiger partial charge in [0.1, 0.15) is 0 Å². The zero-order valence-electron chi connectivity index (χ0n) is 24.3. The van der Waals surface area contributed by atoms with Gasteiger partial charge in [0.15, 0.2) is 0 Å². The van der Waals surface area contributed by atoms with Crippen molar-refractivity contribution in [3.8, 4) is 0 Å². The van der Waals surface area contributed by atoms with Crippen LogP contribution in [0.4, 0.5) is 0 Å². The maximum Gasteiger partial charge on any atom is 0.0224 e. The van der Waals surface area contributed by atoms with Crippen LogP contribution in [-0.4, -0.2) is 48.7 Å². The Morgan fingerprint density at radius 1 is 0.694 bits per heavy atom. The molecular formula is C33H61N3. The number of hydrogen-bond donors (Lipinski definition) is 2. The maximum absolute atomic E-state index is 4.48. The monoisotopic (exact) mass is 499 g/mol. The summed E-state index contributed by atoms with van der Waals surface area (Å²) in [5, 5.41) is 8.02. The van der Waals surface area contributed by atoms with E-state index in [0.717, 1.165) is 23.9 Å². The quantitative estimate of drug-likeness (QED) is 0.375. The molecule has 4 unspecified atom stereocenters. The average molecular weight is 500 g/mol. The molecule has 208 valence electrons. The zero-order valence-corrected chi connectivity index (χ0v) is 24.3. The van der Waals surface area contributed by atoms with E-state index in [4.69, 9.17) is 0 Å². The molecule has 1 saturated heterocycles. The van der Waals surface area contributed by atoms with Gasteiger partial charge in [-0.15, -0.1) is 0 Å². The van der Waals surface area contributed by atoms with Gasteiger partial charge in [-0.05, 0) is 83.1 Å². The molecule has 0 aromatic rings. The molecule has 3 fully saturated rings. The van der Waals surface area contributed by atoms with E-state index in [1.807, 2.05) is 0 Å². The van der Waals surface area contributed by atoms with Crippen molar-refractivity contribution < 1.29 is 0 Å². The first-order chi connectivity index (χ1) is 17.7.